The highest BCUT2D eigenvalue weighted by Gasteiger charge is 2.01. The van der Waals surface area contributed by atoms with Crippen molar-refractivity contribution >= 4 is 12.2 Å². The fourth-order valence-corrected chi connectivity index (χ4v) is 1.06. The topological polar surface area (TPSA) is 100 Å². The molecule has 0 bridgehead atoms. The van der Waals surface area contributed by atoms with Crippen molar-refractivity contribution in [2.75, 3.05) is 7.11 Å². The number of nitrogens with one attached hydrogen (secondary N) is 1. The number of nitrogens with zero attached hydrogens (tertiary/aromatic N) is 2. The van der Waals surface area contributed by atoms with Gasteiger partial charge in [-0.2, -0.15) is 10.4 Å². The lowest BCUT2D eigenvalue weighted by Crippen LogP contribution is -2.24. The molecule has 0 aliphatic heterocycles. The van der Waals surface area contributed by atoms with Crippen LogP contribution in [-0.4, -0.2) is 19.4 Å². The van der Waals surface area contributed by atoms with E-state index in [9.17, 15) is 4.79 Å². The van der Waals surface area contributed by atoms with Crippen molar-refractivity contribution in [2.45, 2.75) is 0 Å². The van der Waals surface area contributed by atoms with Crippen molar-refractivity contribution in [3.8, 4) is 11.8 Å². The van der Waals surface area contributed by atoms with Gasteiger partial charge in [0.05, 0.1) is 18.9 Å². The van der Waals surface area contributed by atoms with E-state index in [-0.39, 0.29) is 0 Å². The summed E-state index contributed by atoms with van der Waals surface area (Å²) in [5.41, 5.74) is 7.93. The number of ether oxygens (including phenoxy) is 1. The number of benzene rings is 1. The van der Waals surface area contributed by atoms with Gasteiger partial charge in [0.15, 0.2) is 0 Å². The first-order valence-corrected chi connectivity index (χ1v) is 4.34. The lowest BCUT2D eigenvalue weighted by atomic mass is 10.1. The van der Waals surface area contributed by atoms with Crippen LogP contribution in [0.2, 0.25) is 0 Å². The molecule has 1 aromatic carbocycles. The molecule has 0 aliphatic rings. The molecule has 16 heavy (non-hydrogen) atoms. The first kappa shape index (κ1) is 11.5. The number of urea groups is 1. The fourth-order valence-electron chi connectivity index (χ4n) is 1.06. The molecule has 0 spiro atoms. The molecule has 0 fully saturated rings. The molecule has 0 heterocycles. The van der Waals surface area contributed by atoms with Crippen LogP contribution in [-0.2, 0) is 0 Å². The summed E-state index contributed by atoms with van der Waals surface area (Å²) in [6.07, 6.45) is 1.38. The number of rotatable bonds is 3. The van der Waals surface area contributed by atoms with Gasteiger partial charge < -0.3 is 10.5 Å². The number of amides is 2. The van der Waals surface area contributed by atoms with Gasteiger partial charge in [-0.05, 0) is 23.8 Å². The van der Waals surface area contributed by atoms with E-state index < -0.39 is 6.03 Å². The zero-order chi connectivity index (χ0) is 12.0. The first-order chi connectivity index (χ1) is 7.67. The van der Waals surface area contributed by atoms with Gasteiger partial charge >= 0.3 is 6.03 Å². The van der Waals surface area contributed by atoms with Crippen molar-refractivity contribution in [3.63, 3.8) is 0 Å². The summed E-state index contributed by atoms with van der Waals surface area (Å²) in [7, 11) is 1.48. The summed E-state index contributed by atoms with van der Waals surface area (Å²) in [5, 5.41) is 12.4. The highest BCUT2D eigenvalue weighted by molar-refractivity contribution is 5.82. The van der Waals surface area contributed by atoms with Crippen LogP contribution in [0.4, 0.5) is 4.79 Å². The molecule has 2 amide bonds. The van der Waals surface area contributed by atoms with E-state index >= 15 is 0 Å². The zero-order valence-corrected chi connectivity index (χ0v) is 8.60. The molecule has 0 saturated carbocycles. The third-order valence-electron chi connectivity index (χ3n) is 1.73. The van der Waals surface area contributed by atoms with E-state index in [0.29, 0.717) is 16.9 Å². The number of nitriles is 1. The molecule has 6 heteroatoms. The standard InChI is InChI=1S/C10H10N4O2/c1-16-9-3-2-7(4-8(9)5-11)6-13-14-10(12)15/h2-4,6H,1H3,(H3,12,14,15). The summed E-state index contributed by atoms with van der Waals surface area (Å²) in [6, 6.07) is 6.17. The maximum atomic E-state index is 10.3. The van der Waals surface area contributed by atoms with Crippen LogP contribution in [0.1, 0.15) is 11.1 Å². The van der Waals surface area contributed by atoms with E-state index in [0.717, 1.165) is 0 Å². The van der Waals surface area contributed by atoms with Gasteiger partial charge in [0.2, 0.25) is 0 Å². The number of nitrogens with two attached hydrogens (primary N) is 1. The Morgan fingerprint density at radius 3 is 3.00 bits per heavy atom. The molecule has 0 unspecified atom stereocenters. The Morgan fingerprint density at radius 2 is 2.44 bits per heavy atom. The Hall–Kier alpha value is -2.55. The van der Waals surface area contributed by atoms with Crippen molar-refractivity contribution in [2.24, 2.45) is 10.8 Å². The van der Waals surface area contributed by atoms with Crippen molar-refractivity contribution in [1.82, 2.24) is 5.43 Å². The van der Waals surface area contributed by atoms with Gasteiger partial charge in [0.1, 0.15) is 11.8 Å². The first-order valence-electron chi connectivity index (χ1n) is 4.34. The monoisotopic (exact) mass is 218 g/mol. The molecule has 0 saturated heterocycles. The predicted molar refractivity (Wildman–Crippen MR) is 58.0 cm³/mol. The van der Waals surface area contributed by atoms with Gasteiger partial charge in [0, 0.05) is 0 Å². The van der Waals surface area contributed by atoms with Gasteiger partial charge in [-0.25, -0.2) is 10.2 Å². The average molecular weight is 218 g/mol. The van der Waals surface area contributed by atoms with Crippen LogP contribution < -0.4 is 15.9 Å². The molecule has 0 atom stereocenters. The molecular weight excluding hydrogens is 208 g/mol. The lowest BCUT2D eigenvalue weighted by Gasteiger charge is -2.02. The highest BCUT2D eigenvalue weighted by atomic mass is 16.5. The average Bonchev–Trinajstić information content (AvgIpc) is 2.28. The van der Waals surface area contributed by atoms with Crippen LogP contribution in [0.25, 0.3) is 0 Å². The van der Waals surface area contributed by atoms with Crippen LogP contribution in [0.3, 0.4) is 0 Å². The number of hydrogen-bond donors (Lipinski definition) is 2. The molecule has 3 N–H and O–H groups in total. The van der Waals surface area contributed by atoms with Crippen LogP contribution in [0.15, 0.2) is 23.3 Å². The minimum absolute atomic E-state index is 0.394. The van der Waals surface area contributed by atoms with Gasteiger partial charge in [0.25, 0.3) is 0 Å². The maximum absolute atomic E-state index is 10.3. The number of hydrogen-bond acceptors (Lipinski definition) is 4. The van der Waals surface area contributed by atoms with Crippen molar-refractivity contribution < 1.29 is 9.53 Å². The molecule has 82 valence electrons. The Morgan fingerprint density at radius 1 is 1.69 bits per heavy atom. The Labute approximate surface area is 92.3 Å². The van der Waals surface area contributed by atoms with Crippen molar-refractivity contribution in [3.05, 3.63) is 29.3 Å². The largest absolute Gasteiger partial charge is 0.495 e. The van der Waals surface area contributed by atoms with E-state index in [2.05, 4.69) is 10.5 Å². The maximum Gasteiger partial charge on any atom is 0.332 e. The number of methoxy groups -OCH3 is 1. The second-order valence-corrected chi connectivity index (χ2v) is 2.81. The predicted octanol–water partition coefficient (Wildman–Crippen LogP) is 0.569. The number of carbonyl (C=O) groups is 1. The van der Waals surface area contributed by atoms with Crippen LogP contribution in [0, 0.1) is 11.3 Å². The molecule has 0 radical (unpaired) electrons. The highest BCUT2D eigenvalue weighted by Crippen LogP contribution is 2.17. The van der Waals surface area contributed by atoms with Gasteiger partial charge in [-0.1, -0.05) is 0 Å². The minimum atomic E-state index is -0.745. The zero-order valence-electron chi connectivity index (χ0n) is 8.60. The minimum Gasteiger partial charge on any atom is -0.495 e. The van der Waals surface area contributed by atoms with E-state index in [4.69, 9.17) is 15.7 Å². The van der Waals surface area contributed by atoms with E-state index in [1.54, 1.807) is 18.2 Å². The molecule has 1 rings (SSSR count). The van der Waals surface area contributed by atoms with E-state index in [1.165, 1.54) is 13.3 Å². The SMILES string of the molecule is COc1ccc(C=NNC(N)=O)cc1C#N. The third kappa shape index (κ3) is 2.99. The van der Waals surface area contributed by atoms with Gasteiger partial charge in [-0.3, -0.25) is 0 Å². The van der Waals surface area contributed by atoms with Crippen LogP contribution >= 0.6 is 0 Å². The summed E-state index contributed by atoms with van der Waals surface area (Å²) in [4.78, 5) is 10.3. The van der Waals surface area contributed by atoms with Gasteiger partial charge in [-0.15, -0.1) is 0 Å². The fraction of sp³-hybridized carbons (Fsp3) is 0.100. The Balaban J connectivity index is 2.88. The second kappa shape index (κ2) is 5.36. The van der Waals surface area contributed by atoms with Crippen LogP contribution in [0.5, 0.6) is 5.75 Å². The summed E-state index contributed by atoms with van der Waals surface area (Å²) in [6.45, 7) is 0. The number of primary amides is 1. The summed E-state index contributed by atoms with van der Waals surface area (Å²) in [5.74, 6) is 0.488. The molecule has 0 aliphatic carbocycles. The van der Waals surface area contributed by atoms with Crippen molar-refractivity contribution in [1.29, 1.82) is 5.26 Å². The number of hydrazone groups is 1. The Bertz CT molecular complexity index is 462. The van der Waals surface area contributed by atoms with E-state index in [1.807, 2.05) is 6.07 Å². The summed E-state index contributed by atoms with van der Waals surface area (Å²) >= 11 is 0. The molecular formula is C10H10N4O2. The molecule has 6 nitrogen and oxygen atoms in total. The smallest absolute Gasteiger partial charge is 0.332 e. The lowest BCUT2D eigenvalue weighted by molar-refractivity contribution is 0.249. The normalized spacial score (nSPS) is 9.75. The molecule has 1 aromatic rings. The quantitative estimate of drug-likeness (QED) is 0.572. The Kier molecular flexibility index (Phi) is 3.86. The third-order valence-corrected chi connectivity index (χ3v) is 1.73. The second-order valence-electron chi connectivity index (χ2n) is 2.81. The summed E-state index contributed by atoms with van der Waals surface area (Å²) < 4.78 is 4.98. The number of carbonyl (C=O) groups excluding carboxylic acids is 1. The molecule has 0 aromatic heterocycles.